The third-order valence-corrected chi connectivity index (χ3v) is 3.78. The summed E-state index contributed by atoms with van der Waals surface area (Å²) in [5, 5.41) is 0. The number of para-hydroxylation sites is 1. The van der Waals surface area contributed by atoms with Gasteiger partial charge < -0.3 is 4.90 Å². The van der Waals surface area contributed by atoms with Crippen LogP contribution >= 0.6 is 0 Å². The van der Waals surface area contributed by atoms with E-state index < -0.39 is 0 Å². The molecule has 0 saturated carbocycles. The molecule has 104 valence electrons. The van der Waals surface area contributed by atoms with Gasteiger partial charge in [-0.1, -0.05) is 18.2 Å². The predicted molar refractivity (Wildman–Crippen MR) is 76.0 cm³/mol. The van der Waals surface area contributed by atoms with E-state index in [2.05, 4.69) is 62.1 Å². The molecule has 1 aromatic rings. The first-order valence-corrected chi connectivity index (χ1v) is 6.95. The van der Waals surface area contributed by atoms with Crippen molar-refractivity contribution < 1.29 is 0 Å². The highest BCUT2D eigenvalue weighted by Crippen LogP contribution is 2.15. The van der Waals surface area contributed by atoms with E-state index in [1.54, 1.807) is 0 Å². The van der Waals surface area contributed by atoms with Gasteiger partial charge in [0, 0.05) is 38.4 Å². The molecule has 0 atom stereocenters. The number of hydrogen-bond donors (Lipinski definition) is 4. The summed E-state index contributed by atoms with van der Waals surface area (Å²) in [6.07, 6.45) is 1.40. The Morgan fingerprint density at radius 1 is 0.947 bits per heavy atom. The Balaban J connectivity index is 1.42. The average Bonchev–Trinajstić information content (AvgIpc) is 3.00. The van der Waals surface area contributed by atoms with E-state index in [1.165, 1.54) is 5.69 Å². The van der Waals surface area contributed by atoms with Crippen LogP contribution in [0.25, 0.3) is 0 Å². The molecule has 2 heterocycles. The minimum absolute atomic E-state index is 0.312. The van der Waals surface area contributed by atoms with Crippen molar-refractivity contribution in [2.45, 2.75) is 12.6 Å². The van der Waals surface area contributed by atoms with Crippen LogP contribution in [-0.4, -0.2) is 43.8 Å². The summed E-state index contributed by atoms with van der Waals surface area (Å²) in [4.78, 5) is 4.99. The van der Waals surface area contributed by atoms with Gasteiger partial charge in [0.15, 0.2) is 0 Å². The second-order valence-corrected chi connectivity index (χ2v) is 5.04. The summed E-state index contributed by atoms with van der Waals surface area (Å²) in [7, 11) is 0. The van der Waals surface area contributed by atoms with Gasteiger partial charge in [0.25, 0.3) is 0 Å². The quantitative estimate of drug-likeness (QED) is 0.595. The van der Waals surface area contributed by atoms with E-state index >= 15 is 0 Å². The second kappa shape index (κ2) is 6.31. The fraction of sp³-hybridized carbons (Fsp3) is 0.538. The number of benzene rings is 1. The third-order valence-electron chi connectivity index (χ3n) is 3.78. The molecule has 0 aliphatic carbocycles. The zero-order chi connectivity index (χ0) is 12.9. The van der Waals surface area contributed by atoms with E-state index in [1.807, 2.05) is 0 Å². The molecule has 0 unspecified atom stereocenters. The molecule has 0 amide bonds. The van der Waals surface area contributed by atoms with Gasteiger partial charge >= 0.3 is 0 Å². The number of hydrazine groups is 3. The summed E-state index contributed by atoms with van der Waals surface area (Å²) in [5.74, 6) is 0. The Hall–Kier alpha value is -1.18. The molecule has 2 aliphatic heterocycles. The Bertz CT molecular complexity index is 370. The van der Waals surface area contributed by atoms with Crippen LogP contribution < -0.4 is 26.8 Å². The lowest BCUT2D eigenvalue weighted by Gasteiger charge is -2.36. The van der Waals surface area contributed by atoms with Gasteiger partial charge in [0.1, 0.15) is 0 Å². The largest absolute Gasteiger partial charge is 0.369 e. The van der Waals surface area contributed by atoms with Crippen molar-refractivity contribution in [1.82, 2.24) is 26.8 Å². The van der Waals surface area contributed by atoms with Crippen LogP contribution in [0.4, 0.5) is 5.69 Å². The molecule has 1 aromatic carbocycles. The van der Waals surface area contributed by atoms with Crippen molar-refractivity contribution in [3.63, 3.8) is 0 Å². The molecule has 2 fully saturated rings. The lowest BCUT2D eigenvalue weighted by molar-refractivity contribution is 0.241. The molecule has 4 N–H and O–H groups in total. The zero-order valence-electron chi connectivity index (χ0n) is 11.1. The predicted octanol–water partition coefficient (Wildman–Crippen LogP) is -0.358. The van der Waals surface area contributed by atoms with Gasteiger partial charge in [-0.2, -0.15) is 11.1 Å². The molecule has 19 heavy (non-hydrogen) atoms. The van der Waals surface area contributed by atoms with Crippen LogP contribution in [0.2, 0.25) is 0 Å². The zero-order valence-corrected chi connectivity index (χ0v) is 11.1. The van der Waals surface area contributed by atoms with Crippen molar-refractivity contribution in [1.29, 1.82) is 0 Å². The number of nitrogens with one attached hydrogen (secondary N) is 4. The van der Waals surface area contributed by atoms with Crippen LogP contribution in [0.1, 0.15) is 6.42 Å². The number of anilines is 1. The van der Waals surface area contributed by atoms with E-state index in [-0.39, 0.29) is 0 Å². The SMILES string of the molecule is c1ccc(N2CCN(CCC3NNNN3)CC2)cc1. The number of rotatable bonds is 4. The maximum atomic E-state index is 3.12. The first-order chi connectivity index (χ1) is 9.42. The molecular formula is C13H22N6. The monoisotopic (exact) mass is 262 g/mol. The van der Waals surface area contributed by atoms with E-state index in [0.717, 1.165) is 39.1 Å². The highest BCUT2D eigenvalue weighted by atomic mass is 15.8. The Labute approximate surface area is 114 Å². The van der Waals surface area contributed by atoms with Crippen LogP contribution in [0, 0.1) is 0 Å². The summed E-state index contributed by atoms with van der Waals surface area (Å²) < 4.78 is 0. The summed E-state index contributed by atoms with van der Waals surface area (Å²) in [5.41, 5.74) is 13.3. The van der Waals surface area contributed by atoms with Crippen molar-refractivity contribution in [2.75, 3.05) is 37.6 Å². The van der Waals surface area contributed by atoms with Gasteiger partial charge in [-0.25, -0.2) is 10.9 Å². The smallest absolute Gasteiger partial charge is 0.0871 e. The van der Waals surface area contributed by atoms with E-state index in [4.69, 9.17) is 0 Å². The highest BCUT2D eigenvalue weighted by Gasteiger charge is 2.19. The lowest BCUT2D eigenvalue weighted by Crippen LogP contribution is -2.48. The van der Waals surface area contributed by atoms with Crippen LogP contribution in [-0.2, 0) is 0 Å². The maximum absolute atomic E-state index is 3.12. The Morgan fingerprint density at radius 3 is 2.32 bits per heavy atom. The number of nitrogens with zero attached hydrogens (tertiary/aromatic N) is 2. The molecule has 0 aromatic heterocycles. The van der Waals surface area contributed by atoms with Gasteiger partial charge in [-0.05, 0) is 18.6 Å². The van der Waals surface area contributed by atoms with E-state index in [0.29, 0.717) is 6.17 Å². The first-order valence-electron chi connectivity index (χ1n) is 6.95. The summed E-state index contributed by atoms with van der Waals surface area (Å²) in [6, 6.07) is 10.7. The summed E-state index contributed by atoms with van der Waals surface area (Å²) in [6.45, 7) is 5.64. The minimum Gasteiger partial charge on any atom is -0.369 e. The van der Waals surface area contributed by atoms with Gasteiger partial charge in [-0.15, -0.1) is 0 Å². The van der Waals surface area contributed by atoms with Crippen molar-refractivity contribution in [3.8, 4) is 0 Å². The second-order valence-electron chi connectivity index (χ2n) is 5.04. The van der Waals surface area contributed by atoms with Crippen molar-refractivity contribution in [2.24, 2.45) is 0 Å². The molecule has 6 nitrogen and oxygen atoms in total. The molecule has 0 spiro atoms. The van der Waals surface area contributed by atoms with Gasteiger partial charge in [0.05, 0.1) is 6.17 Å². The van der Waals surface area contributed by atoms with Crippen molar-refractivity contribution >= 4 is 5.69 Å². The van der Waals surface area contributed by atoms with Crippen LogP contribution in [0.5, 0.6) is 0 Å². The minimum atomic E-state index is 0.312. The Kier molecular flexibility index (Phi) is 4.27. The maximum Gasteiger partial charge on any atom is 0.0871 e. The normalized spacial score (nSPS) is 22.0. The molecule has 0 bridgehead atoms. The molecule has 2 aliphatic rings. The third kappa shape index (κ3) is 3.43. The summed E-state index contributed by atoms with van der Waals surface area (Å²) >= 11 is 0. The molecule has 3 rings (SSSR count). The topological polar surface area (TPSA) is 54.6 Å². The molecular weight excluding hydrogens is 240 g/mol. The van der Waals surface area contributed by atoms with E-state index in [9.17, 15) is 0 Å². The van der Waals surface area contributed by atoms with Gasteiger partial charge in [0.2, 0.25) is 0 Å². The molecule has 2 saturated heterocycles. The highest BCUT2D eigenvalue weighted by molar-refractivity contribution is 5.46. The first kappa shape index (κ1) is 12.8. The van der Waals surface area contributed by atoms with Gasteiger partial charge in [-0.3, -0.25) is 4.90 Å². The number of hydrogen-bond acceptors (Lipinski definition) is 6. The Morgan fingerprint density at radius 2 is 1.63 bits per heavy atom. The molecule has 6 heteroatoms. The van der Waals surface area contributed by atoms with Crippen LogP contribution in [0.15, 0.2) is 30.3 Å². The fourth-order valence-corrected chi connectivity index (χ4v) is 2.61. The average molecular weight is 262 g/mol. The number of piperazine rings is 1. The fourth-order valence-electron chi connectivity index (χ4n) is 2.61. The van der Waals surface area contributed by atoms with Crippen molar-refractivity contribution in [3.05, 3.63) is 30.3 Å². The standard InChI is InChI=1S/C13H22N6/c1-2-4-12(5-3-1)19-10-8-18(9-11-19)7-6-13-14-16-17-15-13/h1-5,13-17H,6-11H2. The molecule has 0 radical (unpaired) electrons. The lowest BCUT2D eigenvalue weighted by atomic mass is 10.2. The van der Waals surface area contributed by atoms with Crippen LogP contribution in [0.3, 0.4) is 0 Å².